The molecule has 0 unspecified atom stereocenters. The summed E-state index contributed by atoms with van der Waals surface area (Å²) in [5, 5.41) is 3.01. The number of rotatable bonds is 5. The van der Waals surface area contributed by atoms with Crippen molar-refractivity contribution in [3.05, 3.63) is 54.1 Å². The van der Waals surface area contributed by atoms with Crippen LogP contribution in [0, 0.1) is 0 Å². The van der Waals surface area contributed by atoms with E-state index in [-0.39, 0.29) is 18.4 Å². The van der Waals surface area contributed by atoms with Crippen molar-refractivity contribution in [1.29, 1.82) is 0 Å². The number of hydrogen-bond acceptors (Lipinski definition) is 5. The first kappa shape index (κ1) is 19.8. The van der Waals surface area contributed by atoms with Crippen LogP contribution in [0.2, 0.25) is 0 Å². The van der Waals surface area contributed by atoms with Crippen LogP contribution in [0.1, 0.15) is 5.56 Å². The molecule has 0 aliphatic carbocycles. The summed E-state index contributed by atoms with van der Waals surface area (Å²) in [6.45, 7) is 4.55. The minimum absolute atomic E-state index is 0.0262. The zero-order valence-corrected chi connectivity index (χ0v) is 17.5. The molecule has 6 nitrogen and oxygen atoms in total. The summed E-state index contributed by atoms with van der Waals surface area (Å²) in [5.74, 6) is 0.200. The van der Waals surface area contributed by atoms with E-state index in [1.807, 2.05) is 36.4 Å². The molecule has 0 radical (unpaired) electrons. The van der Waals surface area contributed by atoms with Gasteiger partial charge in [-0.25, -0.2) is 0 Å². The topological polar surface area (TPSA) is 55.9 Å². The Morgan fingerprint density at radius 2 is 1.69 bits per heavy atom. The van der Waals surface area contributed by atoms with Gasteiger partial charge in [0.1, 0.15) is 6.54 Å². The zero-order chi connectivity index (χ0) is 20.2. The van der Waals surface area contributed by atoms with Crippen molar-refractivity contribution in [2.24, 2.45) is 0 Å². The average molecular weight is 411 g/mol. The third-order valence-corrected chi connectivity index (χ3v) is 6.47. The number of amides is 2. The van der Waals surface area contributed by atoms with Crippen LogP contribution >= 0.6 is 11.8 Å². The molecule has 1 fully saturated rings. The Hall–Kier alpha value is -2.51. The molecule has 2 aliphatic rings. The minimum Gasteiger partial charge on any atom is -0.369 e. The van der Waals surface area contributed by atoms with E-state index in [1.54, 1.807) is 4.90 Å². The lowest BCUT2D eigenvalue weighted by molar-refractivity contribution is -0.123. The number of piperazine rings is 1. The summed E-state index contributed by atoms with van der Waals surface area (Å²) in [5.41, 5.74) is 3.10. The van der Waals surface area contributed by atoms with Crippen molar-refractivity contribution >= 4 is 35.0 Å². The molecule has 0 saturated carbocycles. The van der Waals surface area contributed by atoms with Gasteiger partial charge in [0.05, 0.1) is 11.4 Å². The van der Waals surface area contributed by atoms with E-state index < -0.39 is 0 Å². The van der Waals surface area contributed by atoms with Gasteiger partial charge >= 0.3 is 0 Å². The Balaban J connectivity index is 1.40. The van der Waals surface area contributed by atoms with E-state index in [2.05, 4.69) is 34.3 Å². The third-order valence-electron chi connectivity index (χ3n) is 5.42. The SMILES string of the molecule is CN1CCN(c2ccccc2CNC(=O)CN2C(=O)CSc3ccccc32)CC1. The summed E-state index contributed by atoms with van der Waals surface area (Å²) >= 11 is 1.52. The fourth-order valence-electron chi connectivity index (χ4n) is 3.74. The third kappa shape index (κ3) is 4.57. The Labute approximate surface area is 175 Å². The lowest BCUT2D eigenvalue weighted by Crippen LogP contribution is -2.45. The van der Waals surface area contributed by atoms with Crippen molar-refractivity contribution in [1.82, 2.24) is 10.2 Å². The molecule has 7 heteroatoms. The van der Waals surface area contributed by atoms with Gasteiger partial charge in [-0.2, -0.15) is 0 Å². The molecular weight excluding hydrogens is 384 g/mol. The molecule has 29 heavy (non-hydrogen) atoms. The number of benzene rings is 2. The second-order valence-electron chi connectivity index (χ2n) is 7.43. The van der Waals surface area contributed by atoms with Crippen LogP contribution in [-0.4, -0.2) is 62.2 Å². The quantitative estimate of drug-likeness (QED) is 0.819. The normalized spacial score (nSPS) is 17.2. The Morgan fingerprint density at radius 3 is 2.48 bits per heavy atom. The summed E-state index contributed by atoms with van der Waals surface area (Å²) < 4.78 is 0. The number of carbonyl (C=O) groups excluding carboxylic acids is 2. The highest BCUT2D eigenvalue weighted by Crippen LogP contribution is 2.34. The van der Waals surface area contributed by atoms with Crippen molar-refractivity contribution in [2.45, 2.75) is 11.4 Å². The Kier molecular flexibility index (Phi) is 6.06. The smallest absolute Gasteiger partial charge is 0.240 e. The van der Waals surface area contributed by atoms with Gasteiger partial charge in [-0.05, 0) is 30.8 Å². The van der Waals surface area contributed by atoms with Crippen LogP contribution in [-0.2, 0) is 16.1 Å². The minimum atomic E-state index is -0.145. The van der Waals surface area contributed by atoms with Crippen LogP contribution in [0.4, 0.5) is 11.4 Å². The fraction of sp³-hybridized carbons (Fsp3) is 0.364. The first-order valence-electron chi connectivity index (χ1n) is 9.92. The summed E-state index contributed by atoms with van der Waals surface area (Å²) in [4.78, 5) is 32.3. The maximum absolute atomic E-state index is 12.6. The highest BCUT2D eigenvalue weighted by atomic mass is 32.2. The fourth-order valence-corrected chi connectivity index (χ4v) is 4.67. The molecule has 0 aromatic heterocycles. The lowest BCUT2D eigenvalue weighted by Gasteiger charge is -2.35. The van der Waals surface area contributed by atoms with Gasteiger partial charge in [0.15, 0.2) is 0 Å². The summed E-state index contributed by atoms with van der Waals surface area (Å²) in [6, 6.07) is 16.0. The number of hydrogen-bond donors (Lipinski definition) is 1. The standard InChI is InChI=1S/C22H26N4O2S/c1-24-10-12-25(13-11-24)18-7-3-2-6-17(18)14-23-21(27)15-26-19-8-4-5-9-20(19)29-16-22(26)28/h2-9H,10-16H2,1H3,(H,23,27). The van der Waals surface area contributed by atoms with E-state index >= 15 is 0 Å². The second-order valence-corrected chi connectivity index (χ2v) is 8.45. The van der Waals surface area contributed by atoms with Crippen molar-refractivity contribution in [2.75, 3.05) is 55.3 Å². The Bertz CT molecular complexity index is 896. The van der Waals surface area contributed by atoms with Gasteiger partial charge in [0.25, 0.3) is 0 Å². The molecule has 4 rings (SSSR count). The van der Waals surface area contributed by atoms with E-state index in [4.69, 9.17) is 0 Å². The van der Waals surface area contributed by atoms with E-state index in [9.17, 15) is 9.59 Å². The number of para-hydroxylation sites is 2. The molecule has 2 aromatic rings. The molecule has 0 bridgehead atoms. The number of carbonyl (C=O) groups is 2. The van der Waals surface area contributed by atoms with Gasteiger partial charge in [-0.3, -0.25) is 9.59 Å². The van der Waals surface area contributed by atoms with Crippen LogP contribution < -0.4 is 15.1 Å². The first-order chi connectivity index (χ1) is 14.1. The average Bonchev–Trinajstić information content (AvgIpc) is 2.75. The molecule has 1 saturated heterocycles. The molecule has 152 valence electrons. The van der Waals surface area contributed by atoms with Crippen LogP contribution in [0.5, 0.6) is 0 Å². The lowest BCUT2D eigenvalue weighted by atomic mass is 10.1. The molecule has 2 amide bonds. The van der Waals surface area contributed by atoms with Crippen molar-refractivity contribution < 1.29 is 9.59 Å². The largest absolute Gasteiger partial charge is 0.369 e. The molecule has 2 aromatic carbocycles. The van der Waals surface area contributed by atoms with Gasteiger partial charge < -0.3 is 20.0 Å². The highest BCUT2D eigenvalue weighted by molar-refractivity contribution is 8.00. The number of thioether (sulfide) groups is 1. The number of fused-ring (bicyclic) bond motifs is 1. The maximum Gasteiger partial charge on any atom is 0.240 e. The Morgan fingerprint density at radius 1 is 1.00 bits per heavy atom. The predicted molar refractivity (Wildman–Crippen MR) is 118 cm³/mol. The van der Waals surface area contributed by atoms with Gasteiger partial charge in [0.2, 0.25) is 11.8 Å². The summed E-state index contributed by atoms with van der Waals surface area (Å²) in [6.07, 6.45) is 0. The highest BCUT2D eigenvalue weighted by Gasteiger charge is 2.26. The molecule has 0 spiro atoms. The molecule has 2 aliphatic heterocycles. The van der Waals surface area contributed by atoms with Crippen molar-refractivity contribution in [3.8, 4) is 0 Å². The van der Waals surface area contributed by atoms with Gasteiger partial charge in [-0.15, -0.1) is 11.8 Å². The van der Waals surface area contributed by atoms with Crippen LogP contribution in [0.3, 0.4) is 0 Å². The predicted octanol–water partition coefficient (Wildman–Crippen LogP) is 2.19. The number of anilines is 2. The summed E-state index contributed by atoms with van der Waals surface area (Å²) in [7, 11) is 2.14. The molecule has 1 N–H and O–H groups in total. The van der Waals surface area contributed by atoms with E-state index in [0.29, 0.717) is 12.3 Å². The van der Waals surface area contributed by atoms with Crippen molar-refractivity contribution in [3.63, 3.8) is 0 Å². The van der Waals surface area contributed by atoms with Crippen LogP contribution in [0.25, 0.3) is 0 Å². The van der Waals surface area contributed by atoms with Crippen LogP contribution in [0.15, 0.2) is 53.4 Å². The number of nitrogens with zero attached hydrogens (tertiary/aromatic N) is 3. The molecular formula is C22H26N4O2S. The van der Waals surface area contributed by atoms with Gasteiger partial charge in [-0.1, -0.05) is 30.3 Å². The molecule has 0 atom stereocenters. The van der Waals surface area contributed by atoms with E-state index in [1.165, 1.54) is 17.4 Å². The monoisotopic (exact) mass is 410 g/mol. The first-order valence-corrected chi connectivity index (χ1v) is 10.9. The van der Waals surface area contributed by atoms with Gasteiger partial charge in [0, 0.05) is 43.3 Å². The maximum atomic E-state index is 12.6. The van der Waals surface area contributed by atoms with E-state index in [0.717, 1.165) is 42.3 Å². The number of nitrogens with one attached hydrogen (secondary N) is 1. The molecule has 2 heterocycles. The number of likely N-dealkylation sites (N-methyl/N-ethyl adjacent to an activating group) is 1. The second kappa shape index (κ2) is 8.88. The zero-order valence-electron chi connectivity index (χ0n) is 16.6.